The van der Waals surface area contributed by atoms with Crippen molar-refractivity contribution in [1.82, 2.24) is 9.97 Å². The molecule has 0 aliphatic heterocycles. The van der Waals surface area contributed by atoms with Crippen molar-refractivity contribution in [3.8, 4) is 6.07 Å². The number of furan rings is 1. The number of carbonyl (C=O) groups excluding carboxylic acids is 1. The highest BCUT2D eigenvalue weighted by molar-refractivity contribution is 7.99. The fourth-order valence-corrected chi connectivity index (χ4v) is 2.72. The summed E-state index contributed by atoms with van der Waals surface area (Å²) in [5.41, 5.74) is 0.458. The summed E-state index contributed by atoms with van der Waals surface area (Å²) < 4.78 is 5.59. The molecule has 1 amide bonds. The monoisotopic (exact) mass is 382 g/mol. The zero-order valence-corrected chi connectivity index (χ0v) is 14.8. The van der Waals surface area contributed by atoms with Crippen molar-refractivity contribution < 1.29 is 9.21 Å². The average molecular weight is 383 g/mol. The topological polar surface area (TPSA) is 91.8 Å². The molecule has 3 rings (SSSR count). The predicted molar refractivity (Wildman–Crippen MR) is 98.5 cm³/mol. The van der Waals surface area contributed by atoms with Gasteiger partial charge in [-0.1, -0.05) is 11.6 Å². The normalized spacial score (nSPS) is 11.0. The summed E-state index contributed by atoms with van der Waals surface area (Å²) in [6.07, 6.45) is 4.64. The van der Waals surface area contributed by atoms with Crippen molar-refractivity contribution >= 4 is 41.0 Å². The van der Waals surface area contributed by atoms with E-state index in [-0.39, 0.29) is 5.57 Å². The van der Waals surface area contributed by atoms with Crippen LogP contribution < -0.4 is 5.32 Å². The van der Waals surface area contributed by atoms with Crippen molar-refractivity contribution in [2.24, 2.45) is 0 Å². The van der Waals surface area contributed by atoms with Gasteiger partial charge in [0.05, 0.1) is 0 Å². The molecule has 2 heterocycles. The number of halogens is 1. The molecule has 0 spiro atoms. The van der Waals surface area contributed by atoms with Gasteiger partial charge in [0.2, 0.25) is 0 Å². The van der Waals surface area contributed by atoms with E-state index in [0.717, 1.165) is 0 Å². The molecule has 0 saturated heterocycles. The Morgan fingerprint density at radius 2 is 1.92 bits per heavy atom. The fraction of sp³-hybridized carbons (Fsp3) is 0. The molecule has 0 bridgehead atoms. The standard InChI is InChI=1S/C18H11ClN4O2S/c19-13-2-4-14(5-3-13)23-17(24)12(11-20)10-15-6-7-16(25-15)26-18-21-8-1-9-22-18/h1-10H,(H,23,24)/b12-10+. The lowest BCUT2D eigenvalue weighted by atomic mass is 10.2. The Morgan fingerprint density at radius 3 is 2.62 bits per heavy atom. The number of carbonyl (C=O) groups is 1. The van der Waals surface area contributed by atoms with Crippen LogP contribution >= 0.6 is 23.4 Å². The van der Waals surface area contributed by atoms with Crippen LogP contribution in [0.25, 0.3) is 6.08 Å². The van der Waals surface area contributed by atoms with Crippen LogP contribution in [0.4, 0.5) is 5.69 Å². The van der Waals surface area contributed by atoms with Crippen molar-refractivity contribution in [2.75, 3.05) is 5.32 Å². The van der Waals surface area contributed by atoms with Crippen molar-refractivity contribution in [2.45, 2.75) is 10.2 Å². The maximum Gasteiger partial charge on any atom is 0.266 e. The summed E-state index contributed by atoms with van der Waals surface area (Å²) in [6.45, 7) is 0. The molecule has 3 aromatic rings. The SMILES string of the molecule is N#C/C(=C\c1ccc(Sc2ncccn2)o1)C(=O)Nc1ccc(Cl)cc1. The fourth-order valence-electron chi connectivity index (χ4n) is 1.92. The highest BCUT2D eigenvalue weighted by atomic mass is 35.5. The molecule has 0 unspecified atom stereocenters. The second-order valence-corrected chi connectivity index (χ2v) is 6.33. The van der Waals surface area contributed by atoms with E-state index in [4.69, 9.17) is 16.0 Å². The molecular formula is C18H11ClN4O2S. The number of nitrogens with zero attached hydrogens (tertiary/aromatic N) is 3. The van der Waals surface area contributed by atoms with Crippen LogP contribution in [-0.4, -0.2) is 15.9 Å². The first-order chi connectivity index (χ1) is 12.6. The van der Waals surface area contributed by atoms with Gasteiger partial charge >= 0.3 is 0 Å². The first kappa shape index (κ1) is 17.7. The van der Waals surface area contributed by atoms with Crippen LogP contribution in [0.1, 0.15) is 5.76 Å². The largest absolute Gasteiger partial charge is 0.450 e. The molecule has 0 fully saturated rings. The van der Waals surface area contributed by atoms with Crippen molar-refractivity contribution in [3.63, 3.8) is 0 Å². The van der Waals surface area contributed by atoms with E-state index in [1.54, 1.807) is 54.9 Å². The molecule has 1 aromatic carbocycles. The summed E-state index contributed by atoms with van der Waals surface area (Å²) in [6, 6.07) is 13.6. The smallest absolute Gasteiger partial charge is 0.266 e. The number of rotatable bonds is 5. The number of benzene rings is 1. The van der Waals surface area contributed by atoms with Gasteiger partial charge in [-0.2, -0.15) is 5.26 Å². The average Bonchev–Trinajstić information content (AvgIpc) is 3.09. The van der Waals surface area contributed by atoms with Crippen LogP contribution in [0, 0.1) is 11.3 Å². The van der Waals surface area contributed by atoms with E-state index in [9.17, 15) is 10.1 Å². The van der Waals surface area contributed by atoms with Gasteiger partial charge < -0.3 is 9.73 Å². The molecule has 6 nitrogen and oxygen atoms in total. The number of hydrogen-bond acceptors (Lipinski definition) is 6. The minimum absolute atomic E-state index is 0.0817. The predicted octanol–water partition coefficient (Wildman–Crippen LogP) is 4.42. The van der Waals surface area contributed by atoms with Crippen LogP contribution in [0.3, 0.4) is 0 Å². The molecule has 8 heteroatoms. The number of aromatic nitrogens is 2. The van der Waals surface area contributed by atoms with Crippen LogP contribution in [0.2, 0.25) is 5.02 Å². The third-order valence-corrected chi connectivity index (χ3v) is 4.16. The minimum Gasteiger partial charge on any atom is -0.450 e. The van der Waals surface area contributed by atoms with Gasteiger partial charge in [-0.15, -0.1) is 0 Å². The lowest BCUT2D eigenvalue weighted by molar-refractivity contribution is -0.112. The van der Waals surface area contributed by atoms with Gasteiger partial charge in [-0.05, 0) is 54.2 Å². The Kier molecular flexibility index (Phi) is 5.69. The number of nitriles is 1. The highest BCUT2D eigenvalue weighted by Crippen LogP contribution is 2.27. The maximum absolute atomic E-state index is 12.2. The molecule has 0 saturated carbocycles. The van der Waals surface area contributed by atoms with Gasteiger partial charge in [-0.3, -0.25) is 4.79 Å². The van der Waals surface area contributed by atoms with Crippen LogP contribution in [0.15, 0.2) is 75.1 Å². The van der Waals surface area contributed by atoms with Gasteiger partial charge in [0.1, 0.15) is 17.4 Å². The number of nitrogens with one attached hydrogen (secondary N) is 1. The second kappa shape index (κ2) is 8.34. The summed E-state index contributed by atoms with van der Waals surface area (Å²) in [5.74, 6) is -0.155. The number of anilines is 1. The minimum atomic E-state index is -0.535. The van der Waals surface area contributed by atoms with Crippen molar-refractivity contribution in [3.05, 3.63) is 71.2 Å². The van der Waals surface area contributed by atoms with E-state index >= 15 is 0 Å². The Hall–Kier alpha value is -3.08. The van der Waals surface area contributed by atoms with Crippen LogP contribution in [-0.2, 0) is 4.79 Å². The molecule has 128 valence electrons. The summed E-state index contributed by atoms with van der Waals surface area (Å²) in [4.78, 5) is 20.4. The number of hydrogen-bond donors (Lipinski definition) is 1. The molecule has 0 aliphatic rings. The Bertz CT molecular complexity index is 978. The summed E-state index contributed by atoms with van der Waals surface area (Å²) in [5, 5.41) is 13.5. The van der Waals surface area contributed by atoms with Gasteiger partial charge in [-0.25, -0.2) is 9.97 Å². The van der Waals surface area contributed by atoms with E-state index in [0.29, 0.717) is 26.7 Å². The van der Waals surface area contributed by atoms with Gasteiger partial charge in [0.15, 0.2) is 10.2 Å². The van der Waals surface area contributed by atoms with E-state index in [1.807, 2.05) is 6.07 Å². The summed E-state index contributed by atoms with van der Waals surface area (Å²) >= 11 is 7.05. The molecule has 1 N–H and O–H groups in total. The maximum atomic E-state index is 12.2. The zero-order chi connectivity index (χ0) is 18.4. The quantitative estimate of drug-likeness (QED) is 0.399. The molecule has 2 aromatic heterocycles. The number of amides is 1. The second-order valence-electron chi connectivity index (χ2n) is 4.92. The van der Waals surface area contributed by atoms with E-state index < -0.39 is 5.91 Å². The lowest BCUT2D eigenvalue weighted by Crippen LogP contribution is -2.13. The summed E-state index contributed by atoms with van der Waals surface area (Å²) in [7, 11) is 0. The molecule has 26 heavy (non-hydrogen) atoms. The Labute approximate surface area is 158 Å². The Morgan fingerprint density at radius 1 is 1.19 bits per heavy atom. The first-order valence-electron chi connectivity index (χ1n) is 7.37. The first-order valence-corrected chi connectivity index (χ1v) is 8.57. The van der Waals surface area contributed by atoms with Gasteiger partial charge in [0, 0.05) is 29.2 Å². The Balaban J connectivity index is 1.71. The van der Waals surface area contributed by atoms with E-state index in [2.05, 4.69) is 15.3 Å². The van der Waals surface area contributed by atoms with Gasteiger partial charge in [0.25, 0.3) is 5.91 Å². The highest BCUT2D eigenvalue weighted by Gasteiger charge is 2.12. The van der Waals surface area contributed by atoms with Crippen molar-refractivity contribution in [1.29, 1.82) is 5.26 Å². The molecule has 0 radical (unpaired) electrons. The third kappa shape index (κ3) is 4.72. The third-order valence-electron chi connectivity index (χ3n) is 3.09. The van der Waals surface area contributed by atoms with Crippen LogP contribution in [0.5, 0.6) is 0 Å². The lowest BCUT2D eigenvalue weighted by Gasteiger charge is -2.03. The zero-order valence-electron chi connectivity index (χ0n) is 13.2. The van der Waals surface area contributed by atoms with E-state index in [1.165, 1.54) is 17.8 Å². The molecular weight excluding hydrogens is 372 g/mol. The molecule has 0 atom stereocenters. The molecule has 0 aliphatic carbocycles.